The van der Waals surface area contributed by atoms with Crippen molar-refractivity contribution >= 4 is 0 Å². The van der Waals surface area contributed by atoms with Crippen LogP contribution in [-0.2, 0) is 0 Å². The summed E-state index contributed by atoms with van der Waals surface area (Å²) < 4.78 is 0. The molecular formula is C7H14O2. The average molecular weight is 130 g/mol. The lowest BCUT2D eigenvalue weighted by Gasteiger charge is -2.12. The second kappa shape index (κ2) is 4.53. The maximum atomic E-state index is 9.00. The summed E-state index contributed by atoms with van der Waals surface area (Å²) >= 11 is 0. The first-order valence-electron chi connectivity index (χ1n) is 3.19. The predicted molar refractivity (Wildman–Crippen MR) is 37.1 cm³/mol. The Bertz CT molecular complexity index is 81.0. The summed E-state index contributed by atoms with van der Waals surface area (Å²) in [6.07, 6.45) is 1.43. The van der Waals surface area contributed by atoms with Crippen molar-refractivity contribution in [2.45, 2.75) is 32.0 Å². The molecule has 0 amide bonds. The molecule has 0 saturated carbocycles. The molecule has 0 rings (SSSR count). The van der Waals surface area contributed by atoms with Gasteiger partial charge in [-0.05, 0) is 12.8 Å². The first-order chi connectivity index (χ1) is 4.22. The van der Waals surface area contributed by atoms with Crippen LogP contribution in [0.5, 0.6) is 0 Å². The van der Waals surface area contributed by atoms with Crippen LogP contribution in [-0.4, -0.2) is 22.4 Å². The molecule has 0 fully saturated rings. The van der Waals surface area contributed by atoms with Crippen LogP contribution in [0.3, 0.4) is 0 Å². The van der Waals surface area contributed by atoms with E-state index in [0.29, 0.717) is 12.8 Å². The minimum Gasteiger partial charge on any atom is -0.390 e. The molecule has 54 valence electrons. The fraction of sp³-hybridized carbons (Fsp3) is 0.714. The van der Waals surface area contributed by atoms with Crippen LogP contribution >= 0.6 is 0 Å². The molecule has 2 atom stereocenters. The van der Waals surface area contributed by atoms with E-state index in [0.717, 1.165) is 0 Å². The van der Waals surface area contributed by atoms with Crippen molar-refractivity contribution in [2.24, 2.45) is 0 Å². The standard InChI is InChI=1S/C7H14O2/c1-3-5-7(9)6(8)4-2/h3,6-9H,1,4-5H2,2H3/t6-,7?/m1/s1. The highest BCUT2D eigenvalue weighted by Gasteiger charge is 2.10. The van der Waals surface area contributed by atoms with Gasteiger partial charge in [0.1, 0.15) is 0 Å². The van der Waals surface area contributed by atoms with Crippen LogP contribution in [0.25, 0.3) is 0 Å². The van der Waals surface area contributed by atoms with E-state index in [-0.39, 0.29) is 0 Å². The highest BCUT2D eigenvalue weighted by molar-refractivity contribution is 4.76. The molecule has 0 aromatic rings. The summed E-state index contributed by atoms with van der Waals surface area (Å²) in [7, 11) is 0. The topological polar surface area (TPSA) is 40.5 Å². The lowest BCUT2D eigenvalue weighted by molar-refractivity contribution is 0.0198. The van der Waals surface area contributed by atoms with Gasteiger partial charge in [-0.15, -0.1) is 6.58 Å². The van der Waals surface area contributed by atoms with E-state index in [2.05, 4.69) is 6.58 Å². The summed E-state index contributed by atoms with van der Waals surface area (Å²) in [4.78, 5) is 0. The maximum absolute atomic E-state index is 9.00. The Morgan fingerprint density at radius 3 is 2.33 bits per heavy atom. The van der Waals surface area contributed by atoms with Gasteiger partial charge in [-0.25, -0.2) is 0 Å². The molecule has 2 heteroatoms. The van der Waals surface area contributed by atoms with E-state index in [4.69, 9.17) is 10.2 Å². The summed E-state index contributed by atoms with van der Waals surface area (Å²) in [6, 6.07) is 0. The molecule has 0 saturated heterocycles. The minimum absolute atomic E-state index is 0.467. The molecule has 0 radical (unpaired) electrons. The average Bonchev–Trinajstić information content (AvgIpc) is 1.87. The van der Waals surface area contributed by atoms with Gasteiger partial charge in [-0.2, -0.15) is 0 Å². The monoisotopic (exact) mass is 130 g/mol. The third-order valence-corrected chi connectivity index (χ3v) is 1.27. The van der Waals surface area contributed by atoms with E-state index in [9.17, 15) is 0 Å². The predicted octanol–water partition coefficient (Wildman–Crippen LogP) is 0.694. The normalized spacial score (nSPS) is 16.8. The molecule has 0 heterocycles. The lowest BCUT2D eigenvalue weighted by atomic mass is 10.1. The van der Waals surface area contributed by atoms with Crippen molar-refractivity contribution in [3.8, 4) is 0 Å². The molecule has 0 aliphatic rings. The quantitative estimate of drug-likeness (QED) is 0.550. The van der Waals surface area contributed by atoms with Crippen molar-refractivity contribution in [1.29, 1.82) is 0 Å². The van der Waals surface area contributed by atoms with Gasteiger partial charge in [-0.3, -0.25) is 0 Å². The van der Waals surface area contributed by atoms with Gasteiger partial charge in [0.05, 0.1) is 12.2 Å². The van der Waals surface area contributed by atoms with E-state index >= 15 is 0 Å². The SMILES string of the molecule is C=CCC(O)[C@H](O)CC. The molecule has 0 bridgehead atoms. The summed E-state index contributed by atoms with van der Waals surface area (Å²) in [6.45, 7) is 5.28. The molecule has 1 unspecified atom stereocenters. The van der Waals surface area contributed by atoms with Crippen LogP contribution in [0.15, 0.2) is 12.7 Å². The minimum atomic E-state index is -0.632. The molecule has 0 aromatic heterocycles. The number of aliphatic hydroxyl groups is 2. The van der Waals surface area contributed by atoms with E-state index in [1.165, 1.54) is 0 Å². The van der Waals surface area contributed by atoms with Gasteiger partial charge in [0.2, 0.25) is 0 Å². The highest BCUT2D eigenvalue weighted by Crippen LogP contribution is 2.01. The van der Waals surface area contributed by atoms with E-state index in [1.807, 2.05) is 6.92 Å². The van der Waals surface area contributed by atoms with E-state index in [1.54, 1.807) is 6.08 Å². The first kappa shape index (κ1) is 8.66. The molecule has 0 aliphatic heterocycles. The number of hydrogen-bond donors (Lipinski definition) is 2. The van der Waals surface area contributed by atoms with Crippen LogP contribution in [0.1, 0.15) is 19.8 Å². The fourth-order valence-electron chi connectivity index (χ4n) is 0.600. The Morgan fingerprint density at radius 2 is 2.00 bits per heavy atom. The zero-order valence-electron chi connectivity index (χ0n) is 5.75. The summed E-state index contributed by atoms with van der Waals surface area (Å²) in [5.41, 5.74) is 0. The van der Waals surface area contributed by atoms with Crippen molar-refractivity contribution in [3.05, 3.63) is 12.7 Å². The fourth-order valence-corrected chi connectivity index (χ4v) is 0.600. The van der Waals surface area contributed by atoms with Gasteiger partial charge in [0.25, 0.3) is 0 Å². The zero-order valence-corrected chi connectivity index (χ0v) is 5.75. The third-order valence-electron chi connectivity index (χ3n) is 1.27. The zero-order chi connectivity index (χ0) is 7.28. The molecule has 2 nitrogen and oxygen atoms in total. The van der Waals surface area contributed by atoms with Gasteiger partial charge in [-0.1, -0.05) is 13.0 Å². The van der Waals surface area contributed by atoms with Crippen molar-refractivity contribution < 1.29 is 10.2 Å². The van der Waals surface area contributed by atoms with Gasteiger partial charge < -0.3 is 10.2 Å². The van der Waals surface area contributed by atoms with Crippen molar-refractivity contribution in [1.82, 2.24) is 0 Å². The second-order valence-corrected chi connectivity index (χ2v) is 2.07. The van der Waals surface area contributed by atoms with Gasteiger partial charge in [0, 0.05) is 0 Å². The Labute approximate surface area is 55.8 Å². The molecule has 0 aliphatic carbocycles. The Kier molecular flexibility index (Phi) is 4.36. The van der Waals surface area contributed by atoms with Gasteiger partial charge >= 0.3 is 0 Å². The van der Waals surface area contributed by atoms with Crippen LogP contribution in [0, 0.1) is 0 Å². The van der Waals surface area contributed by atoms with Crippen molar-refractivity contribution in [3.63, 3.8) is 0 Å². The van der Waals surface area contributed by atoms with Gasteiger partial charge in [0.15, 0.2) is 0 Å². The Balaban J connectivity index is 3.44. The molecule has 0 spiro atoms. The third kappa shape index (κ3) is 3.27. The highest BCUT2D eigenvalue weighted by atomic mass is 16.3. The number of hydrogen-bond acceptors (Lipinski definition) is 2. The first-order valence-corrected chi connectivity index (χ1v) is 3.19. The molecular weight excluding hydrogens is 116 g/mol. The molecule has 2 N–H and O–H groups in total. The Hall–Kier alpha value is -0.340. The lowest BCUT2D eigenvalue weighted by Crippen LogP contribution is -2.23. The van der Waals surface area contributed by atoms with Crippen LogP contribution in [0.4, 0.5) is 0 Å². The smallest absolute Gasteiger partial charge is 0.0833 e. The number of aliphatic hydroxyl groups excluding tert-OH is 2. The molecule has 0 aromatic carbocycles. The van der Waals surface area contributed by atoms with Crippen LogP contribution in [0.2, 0.25) is 0 Å². The summed E-state index contributed by atoms with van der Waals surface area (Å²) in [5.74, 6) is 0. The number of rotatable bonds is 4. The maximum Gasteiger partial charge on any atom is 0.0833 e. The van der Waals surface area contributed by atoms with E-state index < -0.39 is 12.2 Å². The largest absolute Gasteiger partial charge is 0.390 e. The van der Waals surface area contributed by atoms with Crippen LogP contribution < -0.4 is 0 Å². The van der Waals surface area contributed by atoms with Crippen molar-refractivity contribution in [2.75, 3.05) is 0 Å². The molecule has 9 heavy (non-hydrogen) atoms. The summed E-state index contributed by atoms with van der Waals surface area (Å²) in [5, 5.41) is 18.0. The Morgan fingerprint density at radius 1 is 1.44 bits per heavy atom. The second-order valence-electron chi connectivity index (χ2n) is 2.07.